The molecule has 3 N–H and O–H groups in total. The number of anilines is 1. The predicted octanol–water partition coefficient (Wildman–Crippen LogP) is 2.35. The fourth-order valence-corrected chi connectivity index (χ4v) is 1.64. The van der Waals surface area contributed by atoms with Gasteiger partial charge in [-0.15, -0.1) is 0 Å². The molecule has 0 unspecified atom stereocenters. The molecule has 0 radical (unpaired) electrons. The topological polar surface area (TPSA) is 72.2 Å². The van der Waals surface area contributed by atoms with Crippen LogP contribution in [0.2, 0.25) is 0 Å². The van der Waals surface area contributed by atoms with Gasteiger partial charge in [-0.1, -0.05) is 6.92 Å². The van der Waals surface area contributed by atoms with E-state index in [0.29, 0.717) is 12.8 Å². The van der Waals surface area contributed by atoms with E-state index in [0.717, 1.165) is 30.6 Å². The van der Waals surface area contributed by atoms with Crippen LogP contribution in [0.1, 0.15) is 43.0 Å². The molecule has 18 heavy (non-hydrogen) atoms. The summed E-state index contributed by atoms with van der Waals surface area (Å²) in [5, 5.41) is 3.24. The number of nitrogens with one attached hydrogen (secondary N) is 1. The lowest BCUT2D eigenvalue weighted by atomic mass is 10.1. The molecule has 0 saturated heterocycles. The second kappa shape index (κ2) is 7.48. The van der Waals surface area contributed by atoms with E-state index in [9.17, 15) is 9.59 Å². The SMILES string of the molecule is CCC(=O)c1ccc(NCCCCC(N)=O)cc1. The Kier molecular flexibility index (Phi) is 5.91. The summed E-state index contributed by atoms with van der Waals surface area (Å²) in [6.45, 7) is 2.65. The van der Waals surface area contributed by atoms with Crippen molar-refractivity contribution in [3.05, 3.63) is 29.8 Å². The second-order valence-corrected chi connectivity index (χ2v) is 4.20. The summed E-state index contributed by atoms with van der Waals surface area (Å²) in [6.07, 6.45) is 2.67. The van der Waals surface area contributed by atoms with Crippen molar-refractivity contribution in [2.75, 3.05) is 11.9 Å². The first-order valence-corrected chi connectivity index (χ1v) is 6.29. The molecule has 1 aromatic rings. The minimum absolute atomic E-state index is 0.156. The van der Waals surface area contributed by atoms with E-state index in [1.165, 1.54) is 0 Å². The molecule has 1 rings (SSSR count). The molecule has 4 nitrogen and oxygen atoms in total. The van der Waals surface area contributed by atoms with E-state index in [1.807, 2.05) is 31.2 Å². The van der Waals surface area contributed by atoms with Gasteiger partial charge in [0, 0.05) is 30.6 Å². The van der Waals surface area contributed by atoms with Gasteiger partial charge in [-0.3, -0.25) is 9.59 Å². The molecule has 0 bridgehead atoms. The standard InChI is InChI=1S/C14H20N2O2/c1-2-13(17)11-6-8-12(9-7-11)16-10-4-3-5-14(15)18/h6-9,16H,2-5,10H2,1H3,(H2,15,18). The molecule has 0 aliphatic carbocycles. The smallest absolute Gasteiger partial charge is 0.217 e. The molecule has 98 valence electrons. The van der Waals surface area contributed by atoms with Crippen molar-refractivity contribution < 1.29 is 9.59 Å². The molecule has 0 aliphatic rings. The monoisotopic (exact) mass is 248 g/mol. The van der Waals surface area contributed by atoms with Gasteiger partial charge < -0.3 is 11.1 Å². The lowest BCUT2D eigenvalue weighted by Crippen LogP contribution is -2.10. The second-order valence-electron chi connectivity index (χ2n) is 4.20. The van der Waals surface area contributed by atoms with E-state index in [4.69, 9.17) is 5.73 Å². The Morgan fingerprint density at radius 3 is 2.39 bits per heavy atom. The molecule has 0 aromatic heterocycles. The number of primary amides is 1. The molecule has 0 spiro atoms. The number of unbranched alkanes of at least 4 members (excludes halogenated alkanes) is 1. The lowest BCUT2D eigenvalue weighted by molar-refractivity contribution is -0.118. The summed E-state index contributed by atoms with van der Waals surface area (Å²) in [5.74, 6) is -0.0968. The van der Waals surface area contributed by atoms with Crippen LogP contribution in [-0.4, -0.2) is 18.2 Å². The summed E-state index contributed by atoms with van der Waals surface area (Å²) in [7, 11) is 0. The van der Waals surface area contributed by atoms with Gasteiger partial charge in [0.25, 0.3) is 0 Å². The van der Waals surface area contributed by atoms with Gasteiger partial charge in [0.15, 0.2) is 5.78 Å². The van der Waals surface area contributed by atoms with E-state index in [2.05, 4.69) is 5.32 Å². The van der Waals surface area contributed by atoms with Crippen LogP contribution >= 0.6 is 0 Å². The maximum absolute atomic E-state index is 11.4. The van der Waals surface area contributed by atoms with Crippen LogP contribution in [0.4, 0.5) is 5.69 Å². The first-order chi connectivity index (χ1) is 8.63. The fourth-order valence-electron chi connectivity index (χ4n) is 1.64. The molecule has 0 heterocycles. The zero-order chi connectivity index (χ0) is 13.4. The maximum Gasteiger partial charge on any atom is 0.217 e. The van der Waals surface area contributed by atoms with Crippen molar-refractivity contribution in [2.24, 2.45) is 5.73 Å². The Bertz CT molecular complexity index is 399. The number of carbonyl (C=O) groups is 2. The Labute approximate surface area is 108 Å². The Balaban J connectivity index is 2.31. The first kappa shape index (κ1) is 14.2. The van der Waals surface area contributed by atoms with Gasteiger partial charge >= 0.3 is 0 Å². The van der Waals surface area contributed by atoms with E-state index >= 15 is 0 Å². The van der Waals surface area contributed by atoms with Gasteiger partial charge in [-0.2, -0.15) is 0 Å². The van der Waals surface area contributed by atoms with Crippen molar-refractivity contribution in [1.82, 2.24) is 0 Å². The van der Waals surface area contributed by atoms with Crippen molar-refractivity contribution in [2.45, 2.75) is 32.6 Å². The summed E-state index contributed by atoms with van der Waals surface area (Å²) in [5.41, 5.74) is 6.79. The zero-order valence-corrected chi connectivity index (χ0v) is 10.7. The number of ketones is 1. The molecule has 0 atom stereocenters. The van der Waals surface area contributed by atoms with Crippen molar-refractivity contribution in [3.8, 4) is 0 Å². The highest BCUT2D eigenvalue weighted by atomic mass is 16.1. The van der Waals surface area contributed by atoms with Gasteiger partial charge in [-0.05, 0) is 37.1 Å². The molecule has 0 saturated carbocycles. The number of Topliss-reactive ketones (excluding diaryl/α,β-unsaturated/α-hetero) is 1. The fraction of sp³-hybridized carbons (Fsp3) is 0.429. The maximum atomic E-state index is 11.4. The number of benzene rings is 1. The van der Waals surface area contributed by atoms with E-state index in [1.54, 1.807) is 0 Å². The third-order valence-electron chi connectivity index (χ3n) is 2.71. The van der Waals surface area contributed by atoms with Gasteiger partial charge in [0.05, 0.1) is 0 Å². The summed E-state index contributed by atoms with van der Waals surface area (Å²) in [6, 6.07) is 7.46. The molecule has 0 aliphatic heterocycles. The van der Waals surface area contributed by atoms with Crippen LogP contribution < -0.4 is 11.1 Å². The highest BCUT2D eigenvalue weighted by molar-refractivity contribution is 5.96. The lowest BCUT2D eigenvalue weighted by Gasteiger charge is -2.06. The predicted molar refractivity (Wildman–Crippen MR) is 72.6 cm³/mol. The molecular weight excluding hydrogens is 228 g/mol. The minimum Gasteiger partial charge on any atom is -0.385 e. The van der Waals surface area contributed by atoms with Crippen LogP contribution in [-0.2, 0) is 4.79 Å². The molecular formula is C14H20N2O2. The van der Waals surface area contributed by atoms with Crippen LogP contribution in [0.3, 0.4) is 0 Å². The highest BCUT2D eigenvalue weighted by Gasteiger charge is 2.02. The average molecular weight is 248 g/mol. The van der Waals surface area contributed by atoms with Crippen LogP contribution in [0, 0.1) is 0 Å². The Morgan fingerprint density at radius 1 is 1.17 bits per heavy atom. The summed E-state index contributed by atoms with van der Waals surface area (Å²) >= 11 is 0. The molecule has 1 amide bonds. The average Bonchev–Trinajstić information content (AvgIpc) is 2.38. The van der Waals surface area contributed by atoms with Gasteiger partial charge in [-0.25, -0.2) is 0 Å². The van der Waals surface area contributed by atoms with Gasteiger partial charge in [0.1, 0.15) is 0 Å². The van der Waals surface area contributed by atoms with Crippen molar-refractivity contribution >= 4 is 17.4 Å². The third kappa shape index (κ3) is 4.99. The van der Waals surface area contributed by atoms with E-state index in [-0.39, 0.29) is 11.7 Å². The number of rotatable bonds is 8. The van der Waals surface area contributed by atoms with Crippen molar-refractivity contribution in [3.63, 3.8) is 0 Å². The van der Waals surface area contributed by atoms with Crippen molar-refractivity contribution in [1.29, 1.82) is 0 Å². The number of carbonyl (C=O) groups excluding carboxylic acids is 2. The number of amides is 1. The number of hydrogen-bond donors (Lipinski definition) is 2. The normalized spacial score (nSPS) is 10.1. The van der Waals surface area contributed by atoms with Gasteiger partial charge in [0.2, 0.25) is 5.91 Å². The third-order valence-corrected chi connectivity index (χ3v) is 2.71. The number of hydrogen-bond acceptors (Lipinski definition) is 3. The zero-order valence-electron chi connectivity index (χ0n) is 10.7. The summed E-state index contributed by atoms with van der Waals surface area (Å²) in [4.78, 5) is 22.0. The molecule has 1 aromatic carbocycles. The largest absolute Gasteiger partial charge is 0.385 e. The molecule has 4 heteroatoms. The quantitative estimate of drug-likeness (QED) is 0.548. The summed E-state index contributed by atoms with van der Waals surface area (Å²) < 4.78 is 0. The van der Waals surface area contributed by atoms with Crippen LogP contribution in [0.25, 0.3) is 0 Å². The Hall–Kier alpha value is -1.84. The van der Waals surface area contributed by atoms with Crippen LogP contribution in [0.15, 0.2) is 24.3 Å². The highest BCUT2D eigenvalue weighted by Crippen LogP contribution is 2.11. The van der Waals surface area contributed by atoms with Crippen LogP contribution in [0.5, 0.6) is 0 Å². The number of nitrogens with two attached hydrogens (primary N) is 1. The van der Waals surface area contributed by atoms with E-state index < -0.39 is 0 Å². The Morgan fingerprint density at radius 2 is 1.83 bits per heavy atom. The first-order valence-electron chi connectivity index (χ1n) is 6.29. The minimum atomic E-state index is -0.252. The molecule has 0 fully saturated rings.